The van der Waals surface area contributed by atoms with Crippen LogP contribution in [0.25, 0.3) is 0 Å². The molecule has 0 N–H and O–H groups in total. The molecule has 2 atom stereocenters. The van der Waals surface area contributed by atoms with Gasteiger partial charge in [0.15, 0.2) is 0 Å². The summed E-state index contributed by atoms with van der Waals surface area (Å²) in [5.74, 6) is 3.41. The van der Waals surface area contributed by atoms with Gasteiger partial charge in [0.1, 0.15) is 48.5 Å². The summed E-state index contributed by atoms with van der Waals surface area (Å²) in [5, 5.41) is 0. The maximum absolute atomic E-state index is 5.86. The number of furan rings is 2. The highest BCUT2D eigenvalue weighted by atomic mass is 16.6. The van der Waals surface area contributed by atoms with Crippen LogP contribution in [0, 0.1) is 0 Å². The lowest BCUT2D eigenvalue weighted by Gasteiger charge is -2.05. The summed E-state index contributed by atoms with van der Waals surface area (Å²) in [5.41, 5.74) is 0. The highest BCUT2D eigenvalue weighted by Crippen LogP contribution is 2.28. The summed E-state index contributed by atoms with van der Waals surface area (Å²) in [6.45, 7) is 5.85. The van der Waals surface area contributed by atoms with Crippen molar-refractivity contribution >= 4 is 0 Å². The lowest BCUT2D eigenvalue weighted by molar-refractivity contribution is 0.0892. The fraction of sp³-hybridized carbons (Fsp3) is 0.556. The van der Waals surface area contributed by atoms with Gasteiger partial charge in [-0.3, -0.25) is 0 Å². The molecule has 4 heterocycles. The maximum atomic E-state index is 5.86. The molecule has 0 amide bonds. The van der Waals surface area contributed by atoms with Crippen molar-refractivity contribution in [3.05, 3.63) is 47.3 Å². The van der Waals surface area contributed by atoms with E-state index in [0.717, 1.165) is 36.3 Å². The smallest absolute Gasteiger partial charge is 0.129 e. The SMILES string of the molecule is CC(c1ccc(COCC2CO2)o1)c1ccc(COCC2CO2)o1. The Bertz CT molecular complexity index is 596. The minimum atomic E-state index is 0.0473. The molecule has 2 saturated heterocycles. The van der Waals surface area contributed by atoms with E-state index in [-0.39, 0.29) is 18.1 Å². The Morgan fingerprint density at radius 1 is 0.875 bits per heavy atom. The zero-order chi connectivity index (χ0) is 16.4. The molecular formula is C18H22O6. The Morgan fingerprint density at radius 2 is 1.33 bits per heavy atom. The van der Waals surface area contributed by atoms with Gasteiger partial charge in [-0.2, -0.15) is 0 Å². The van der Waals surface area contributed by atoms with Crippen LogP contribution in [0.4, 0.5) is 0 Å². The third-order valence-corrected chi connectivity index (χ3v) is 4.12. The normalized spacial score (nSPS) is 23.4. The predicted octanol–water partition coefficient (Wildman–Crippen LogP) is 2.86. The van der Waals surface area contributed by atoms with Crippen LogP contribution in [0.5, 0.6) is 0 Å². The van der Waals surface area contributed by atoms with Crippen molar-refractivity contribution < 1.29 is 27.8 Å². The fourth-order valence-corrected chi connectivity index (χ4v) is 2.46. The van der Waals surface area contributed by atoms with Gasteiger partial charge in [0, 0.05) is 0 Å². The molecule has 2 aliphatic rings. The maximum Gasteiger partial charge on any atom is 0.129 e. The van der Waals surface area contributed by atoms with Gasteiger partial charge in [0.25, 0.3) is 0 Å². The second-order valence-corrected chi connectivity index (χ2v) is 6.27. The van der Waals surface area contributed by atoms with Gasteiger partial charge in [0.2, 0.25) is 0 Å². The van der Waals surface area contributed by atoms with Crippen molar-refractivity contribution in [3.8, 4) is 0 Å². The van der Waals surface area contributed by atoms with Crippen LogP contribution in [-0.2, 0) is 32.2 Å². The molecular weight excluding hydrogens is 312 g/mol. The van der Waals surface area contributed by atoms with E-state index in [1.165, 1.54) is 0 Å². The van der Waals surface area contributed by atoms with Crippen LogP contribution >= 0.6 is 0 Å². The molecule has 0 spiro atoms. The van der Waals surface area contributed by atoms with Gasteiger partial charge in [-0.05, 0) is 31.2 Å². The highest BCUT2D eigenvalue weighted by molar-refractivity contribution is 5.21. The van der Waals surface area contributed by atoms with E-state index in [9.17, 15) is 0 Å². The highest BCUT2D eigenvalue weighted by Gasteiger charge is 2.23. The zero-order valence-electron chi connectivity index (χ0n) is 13.7. The second-order valence-electron chi connectivity index (χ2n) is 6.27. The molecule has 0 saturated carbocycles. The molecule has 6 nitrogen and oxygen atoms in total. The summed E-state index contributed by atoms with van der Waals surface area (Å²) < 4.78 is 33.0. The van der Waals surface area contributed by atoms with Crippen LogP contribution < -0.4 is 0 Å². The van der Waals surface area contributed by atoms with Crippen molar-refractivity contribution in [3.63, 3.8) is 0 Å². The molecule has 0 radical (unpaired) electrons. The van der Waals surface area contributed by atoms with E-state index < -0.39 is 0 Å². The number of rotatable bonds is 10. The molecule has 2 fully saturated rings. The first kappa shape index (κ1) is 15.9. The van der Waals surface area contributed by atoms with Crippen molar-refractivity contribution in [2.45, 2.75) is 38.3 Å². The Morgan fingerprint density at radius 3 is 1.75 bits per heavy atom. The van der Waals surface area contributed by atoms with Crippen molar-refractivity contribution in [1.82, 2.24) is 0 Å². The lowest BCUT2D eigenvalue weighted by Crippen LogP contribution is -2.00. The molecule has 2 aliphatic heterocycles. The average molecular weight is 334 g/mol. The van der Waals surface area contributed by atoms with E-state index in [1.54, 1.807) is 0 Å². The third-order valence-electron chi connectivity index (χ3n) is 4.12. The van der Waals surface area contributed by atoms with E-state index in [1.807, 2.05) is 24.3 Å². The van der Waals surface area contributed by atoms with Gasteiger partial charge in [-0.15, -0.1) is 0 Å². The topological polar surface area (TPSA) is 69.8 Å². The second kappa shape index (κ2) is 7.11. The zero-order valence-corrected chi connectivity index (χ0v) is 13.7. The molecule has 0 aliphatic carbocycles. The Balaban J connectivity index is 1.28. The first-order chi connectivity index (χ1) is 11.8. The Labute approximate surface area is 140 Å². The van der Waals surface area contributed by atoms with Crippen LogP contribution in [0.1, 0.15) is 35.9 Å². The predicted molar refractivity (Wildman–Crippen MR) is 83.7 cm³/mol. The third kappa shape index (κ3) is 4.27. The summed E-state index contributed by atoms with van der Waals surface area (Å²) in [7, 11) is 0. The fourth-order valence-electron chi connectivity index (χ4n) is 2.46. The van der Waals surface area contributed by atoms with Gasteiger partial charge in [-0.25, -0.2) is 0 Å². The standard InChI is InChI=1S/C18H22O6/c1-12(17-4-2-13(23-17)6-19-8-15-10-21-15)18-5-3-14(24-18)7-20-9-16-11-22-16/h2-5,12,15-16H,6-11H2,1H3. The molecule has 2 aromatic rings. The number of ether oxygens (including phenoxy) is 4. The van der Waals surface area contributed by atoms with E-state index in [4.69, 9.17) is 27.8 Å². The quantitative estimate of drug-likeness (QED) is 0.622. The first-order valence-corrected chi connectivity index (χ1v) is 8.34. The lowest BCUT2D eigenvalue weighted by atomic mass is 10.1. The molecule has 6 heteroatoms. The number of hydrogen-bond acceptors (Lipinski definition) is 6. The molecule has 130 valence electrons. The molecule has 4 rings (SSSR count). The molecule has 2 aromatic heterocycles. The van der Waals surface area contributed by atoms with E-state index in [0.29, 0.717) is 26.4 Å². The summed E-state index contributed by atoms with van der Waals surface area (Å²) >= 11 is 0. The van der Waals surface area contributed by atoms with Crippen LogP contribution in [0.15, 0.2) is 33.1 Å². The van der Waals surface area contributed by atoms with Gasteiger partial charge >= 0.3 is 0 Å². The van der Waals surface area contributed by atoms with Gasteiger partial charge in [0.05, 0.1) is 32.3 Å². The van der Waals surface area contributed by atoms with Crippen molar-refractivity contribution in [1.29, 1.82) is 0 Å². The molecule has 0 aromatic carbocycles. The monoisotopic (exact) mass is 334 g/mol. The van der Waals surface area contributed by atoms with Crippen molar-refractivity contribution in [2.24, 2.45) is 0 Å². The van der Waals surface area contributed by atoms with Crippen LogP contribution in [-0.4, -0.2) is 38.6 Å². The minimum absolute atomic E-state index is 0.0473. The number of epoxide rings is 2. The molecule has 0 bridgehead atoms. The Kier molecular flexibility index (Phi) is 4.71. The van der Waals surface area contributed by atoms with Gasteiger partial charge < -0.3 is 27.8 Å². The van der Waals surface area contributed by atoms with E-state index >= 15 is 0 Å². The Hall–Kier alpha value is -1.60. The molecule has 24 heavy (non-hydrogen) atoms. The summed E-state index contributed by atoms with van der Waals surface area (Å²) in [6, 6.07) is 7.84. The van der Waals surface area contributed by atoms with Crippen LogP contribution in [0.2, 0.25) is 0 Å². The largest absolute Gasteiger partial charge is 0.463 e. The average Bonchev–Trinajstić information content (AvgIpc) is 3.48. The van der Waals surface area contributed by atoms with E-state index in [2.05, 4.69) is 6.92 Å². The minimum Gasteiger partial charge on any atom is -0.463 e. The van der Waals surface area contributed by atoms with Gasteiger partial charge in [-0.1, -0.05) is 0 Å². The summed E-state index contributed by atoms with van der Waals surface area (Å²) in [6.07, 6.45) is 0.544. The molecule has 2 unspecified atom stereocenters. The van der Waals surface area contributed by atoms with Crippen molar-refractivity contribution in [2.75, 3.05) is 26.4 Å². The summed E-state index contributed by atoms with van der Waals surface area (Å²) in [4.78, 5) is 0. The van der Waals surface area contributed by atoms with Crippen LogP contribution in [0.3, 0.4) is 0 Å². The number of hydrogen-bond donors (Lipinski definition) is 0. The first-order valence-electron chi connectivity index (χ1n) is 8.34.